The van der Waals surface area contributed by atoms with Crippen molar-refractivity contribution in [1.29, 1.82) is 0 Å². The number of hydrogen-bond acceptors (Lipinski definition) is 4. The summed E-state index contributed by atoms with van der Waals surface area (Å²) in [7, 11) is -3.47. The molecule has 0 radical (unpaired) electrons. The van der Waals surface area contributed by atoms with Crippen molar-refractivity contribution >= 4 is 27.0 Å². The lowest BCUT2D eigenvalue weighted by molar-refractivity contribution is -0.121. The van der Waals surface area contributed by atoms with Crippen molar-refractivity contribution in [2.24, 2.45) is 0 Å². The van der Waals surface area contributed by atoms with Gasteiger partial charge in [0.05, 0.1) is 22.0 Å². The molecule has 0 spiro atoms. The molecule has 2 aromatic carbocycles. The summed E-state index contributed by atoms with van der Waals surface area (Å²) in [6.45, 7) is 9.30. The molecule has 3 rings (SSSR count). The Bertz CT molecular complexity index is 1170. The Morgan fingerprint density at radius 1 is 1.06 bits per heavy atom. The van der Waals surface area contributed by atoms with E-state index in [0.29, 0.717) is 25.9 Å². The van der Waals surface area contributed by atoms with Crippen LogP contribution in [0.4, 0.5) is 0 Å². The number of imidazole rings is 1. The minimum Gasteiger partial charge on any atom is -0.346 e. The van der Waals surface area contributed by atoms with Crippen molar-refractivity contribution in [3.05, 3.63) is 59.9 Å². The molecule has 3 aromatic rings. The Labute approximate surface area is 190 Å². The summed E-state index contributed by atoms with van der Waals surface area (Å²) in [4.78, 5) is 17.5. The van der Waals surface area contributed by atoms with Gasteiger partial charge in [0.2, 0.25) is 15.9 Å². The van der Waals surface area contributed by atoms with Gasteiger partial charge in [0.15, 0.2) is 0 Å². The van der Waals surface area contributed by atoms with E-state index in [1.807, 2.05) is 45.0 Å². The Hall–Kier alpha value is -2.71. The molecule has 1 N–H and O–H groups in total. The molecular formula is C24H32N4O3S. The molecule has 0 saturated heterocycles. The molecular weight excluding hydrogens is 424 g/mol. The lowest BCUT2D eigenvalue weighted by atomic mass is 10.1. The number of hydrogen-bond donors (Lipinski definition) is 1. The maximum absolute atomic E-state index is 12.6. The van der Waals surface area contributed by atoms with Crippen molar-refractivity contribution in [1.82, 2.24) is 19.2 Å². The Morgan fingerprint density at radius 2 is 1.72 bits per heavy atom. The van der Waals surface area contributed by atoms with Crippen molar-refractivity contribution in [3.8, 4) is 0 Å². The number of fused-ring (bicyclic) bond motifs is 1. The van der Waals surface area contributed by atoms with E-state index >= 15 is 0 Å². The third-order valence-corrected chi connectivity index (χ3v) is 7.74. The first-order valence-electron chi connectivity index (χ1n) is 11.1. The van der Waals surface area contributed by atoms with Gasteiger partial charge < -0.3 is 9.88 Å². The van der Waals surface area contributed by atoms with Crippen LogP contribution >= 0.6 is 0 Å². The fourth-order valence-electron chi connectivity index (χ4n) is 3.93. The number of carbonyl (C=O) groups excluding carboxylic acids is 1. The number of carbonyl (C=O) groups is 1. The van der Waals surface area contributed by atoms with Crippen molar-refractivity contribution in [3.63, 3.8) is 0 Å². The quantitative estimate of drug-likeness (QED) is 0.502. The third kappa shape index (κ3) is 5.02. The van der Waals surface area contributed by atoms with Crippen LogP contribution in [-0.4, -0.2) is 41.3 Å². The van der Waals surface area contributed by atoms with Gasteiger partial charge in [-0.25, -0.2) is 13.4 Å². The lowest BCUT2D eigenvalue weighted by Crippen LogP contribution is -2.30. The minimum absolute atomic E-state index is 0.0629. The van der Waals surface area contributed by atoms with Crippen LogP contribution in [0.2, 0.25) is 0 Å². The standard InChI is InChI=1S/C24H32N4O3S/c1-5-27(6-2)32(30,31)20-15-12-19(13-16-20)14-17-23(29)25-18(4)24-26-21-10-8-9-11-22(21)28(24)7-3/h8-13,15-16,18H,5-7,14,17H2,1-4H3,(H,25,29). The lowest BCUT2D eigenvalue weighted by Gasteiger charge is -2.18. The molecule has 32 heavy (non-hydrogen) atoms. The van der Waals surface area contributed by atoms with Gasteiger partial charge in [-0.3, -0.25) is 4.79 Å². The molecule has 1 unspecified atom stereocenters. The predicted octanol–water partition coefficient (Wildman–Crippen LogP) is 3.90. The summed E-state index contributed by atoms with van der Waals surface area (Å²) in [6.07, 6.45) is 0.854. The van der Waals surface area contributed by atoms with Crippen LogP contribution < -0.4 is 5.32 Å². The SMILES string of the molecule is CCN(CC)S(=O)(=O)c1ccc(CCC(=O)NC(C)c2nc3ccccc3n2CC)cc1. The monoisotopic (exact) mass is 456 g/mol. The Morgan fingerprint density at radius 3 is 2.34 bits per heavy atom. The normalized spacial score (nSPS) is 12.9. The Kier molecular flexibility index (Phi) is 7.69. The van der Waals surface area contributed by atoms with E-state index in [2.05, 4.69) is 16.8 Å². The Balaban J connectivity index is 1.62. The number of sulfonamides is 1. The molecule has 7 nitrogen and oxygen atoms in total. The maximum Gasteiger partial charge on any atom is 0.243 e. The molecule has 1 aromatic heterocycles. The highest BCUT2D eigenvalue weighted by atomic mass is 32.2. The van der Waals surface area contributed by atoms with Crippen molar-refractivity contribution < 1.29 is 13.2 Å². The van der Waals surface area contributed by atoms with Crippen molar-refractivity contribution in [2.45, 2.75) is 58.0 Å². The van der Waals surface area contributed by atoms with E-state index in [-0.39, 0.29) is 16.8 Å². The fourth-order valence-corrected chi connectivity index (χ4v) is 5.39. The van der Waals surface area contributed by atoms with Crippen LogP contribution in [-0.2, 0) is 27.8 Å². The topological polar surface area (TPSA) is 84.3 Å². The van der Waals surface area contributed by atoms with E-state index in [9.17, 15) is 13.2 Å². The number of nitrogens with one attached hydrogen (secondary N) is 1. The maximum atomic E-state index is 12.6. The second kappa shape index (κ2) is 10.3. The van der Waals surface area contributed by atoms with Gasteiger partial charge >= 0.3 is 0 Å². The van der Waals surface area contributed by atoms with Gasteiger partial charge in [-0.2, -0.15) is 4.31 Å². The summed E-state index contributed by atoms with van der Waals surface area (Å²) < 4.78 is 28.7. The second-order valence-corrected chi connectivity index (χ2v) is 9.66. The summed E-state index contributed by atoms with van der Waals surface area (Å²) in [5, 5.41) is 3.04. The van der Waals surface area contributed by atoms with Crippen LogP contribution in [0, 0.1) is 0 Å². The van der Waals surface area contributed by atoms with Crippen LogP contribution in [0.3, 0.4) is 0 Å². The molecule has 0 aliphatic carbocycles. The zero-order valence-electron chi connectivity index (χ0n) is 19.2. The molecule has 0 aliphatic heterocycles. The first-order chi connectivity index (χ1) is 15.3. The van der Waals surface area contributed by atoms with Crippen LogP contribution in [0.5, 0.6) is 0 Å². The number of nitrogens with zero attached hydrogens (tertiary/aromatic N) is 3. The summed E-state index contributed by atoms with van der Waals surface area (Å²) in [6, 6.07) is 14.5. The van der Waals surface area contributed by atoms with Gasteiger partial charge in [0.25, 0.3) is 0 Å². The molecule has 172 valence electrons. The first kappa shape index (κ1) is 23.9. The molecule has 1 atom stereocenters. The molecule has 0 saturated carbocycles. The van der Waals surface area contributed by atoms with E-state index < -0.39 is 10.0 Å². The number of aryl methyl sites for hydroxylation is 2. The highest BCUT2D eigenvalue weighted by Crippen LogP contribution is 2.21. The number of amides is 1. The predicted molar refractivity (Wildman–Crippen MR) is 127 cm³/mol. The zero-order chi connectivity index (χ0) is 23.3. The van der Waals surface area contributed by atoms with Gasteiger partial charge in [0.1, 0.15) is 5.82 Å². The largest absolute Gasteiger partial charge is 0.346 e. The number of benzene rings is 2. The fraction of sp³-hybridized carbons (Fsp3) is 0.417. The van der Waals surface area contributed by atoms with Crippen LogP contribution in [0.1, 0.15) is 51.5 Å². The first-order valence-corrected chi connectivity index (χ1v) is 12.6. The van der Waals surface area contributed by atoms with Gasteiger partial charge in [-0.15, -0.1) is 0 Å². The molecule has 8 heteroatoms. The molecule has 0 fully saturated rings. The highest BCUT2D eigenvalue weighted by molar-refractivity contribution is 7.89. The number of rotatable bonds is 10. The van der Waals surface area contributed by atoms with Crippen molar-refractivity contribution in [2.75, 3.05) is 13.1 Å². The summed E-state index contributed by atoms with van der Waals surface area (Å²) in [5.41, 5.74) is 2.91. The van der Waals surface area contributed by atoms with E-state index in [0.717, 1.165) is 29.0 Å². The average molecular weight is 457 g/mol. The molecule has 1 amide bonds. The summed E-state index contributed by atoms with van der Waals surface area (Å²) in [5.74, 6) is 0.778. The van der Waals surface area contributed by atoms with Gasteiger partial charge in [-0.05, 0) is 50.1 Å². The van der Waals surface area contributed by atoms with Crippen LogP contribution in [0.15, 0.2) is 53.4 Å². The highest BCUT2D eigenvalue weighted by Gasteiger charge is 2.21. The molecule has 0 aliphatic rings. The second-order valence-electron chi connectivity index (χ2n) is 7.73. The van der Waals surface area contributed by atoms with Crippen LogP contribution in [0.25, 0.3) is 11.0 Å². The summed E-state index contributed by atoms with van der Waals surface area (Å²) >= 11 is 0. The number of aromatic nitrogens is 2. The minimum atomic E-state index is -3.47. The van der Waals surface area contributed by atoms with E-state index in [4.69, 9.17) is 4.98 Å². The van der Waals surface area contributed by atoms with E-state index in [1.54, 1.807) is 24.3 Å². The van der Waals surface area contributed by atoms with Gasteiger partial charge in [-0.1, -0.05) is 38.1 Å². The zero-order valence-corrected chi connectivity index (χ0v) is 20.0. The molecule has 1 heterocycles. The molecule has 0 bridgehead atoms. The van der Waals surface area contributed by atoms with Gasteiger partial charge in [0, 0.05) is 26.1 Å². The third-order valence-electron chi connectivity index (χ3n) is 5.67. The average Bonchev–Trinajstić information content (AvgIpc) is 3.17. The number of para-hydroxylation sites is 2. The smallest absolute Gasteiger partial charge is 0.243 e. The van der Waals surface area contributed by atoms with E-state index in [1.165, 1.54) is 4.31 Å².